The van der Waals surface area contributed by atoms with Crippen molar-refractivity contribution >= 4 is 34.2 Å². The van der Waals surface area contributed by atoms with Crippen LogP contribution in [0, 0.1) is 15.4 Å². The minimum absolute atomic E-state index is 0.508. The molecule has 2 aromatic rings. The van der Waals surface area contributed by atoms with Gasteiger partial charge in [0.15, 0.2) is 11.6 Å². The maximum absolute atomic E-state index is 6.26. The van der Waals surface area contributed by atoms with Crippen LogP contribution in [-0.4, -0.2) is 9.97 Å². The summed E-state index contributed by atoms with van der Waals surface area (Å²) in [5, 5.41) is 0.508. The summed E-state index contributed by atoms with van der Waals surface area (Å²) in [5.74, 6) is 4.16. The smallest absolute Gasteiger partial charge is 0.197 e. The number of hydrogen-bond acceptors (Lipinski definition) is 3. The van der Waals surface area contributed by atoms with Crippen LogP contribution in [0.1, 0.15) is 44.6 Å². The number of furan rings is 1. The Bertz CT molecular complexity index is 668. The van der Waals surface area contributed by atoms with Crippen LogP contribution in [0.5, 0.6) is 0 Å². The fraction of sp³-hybridized carbons (Fsp3) is 0.500. The Morgan fingerprint density at radius 1 is 1.38 bits per heavy atom. The van der Waals surface area contributed by atoms with Gasteiger partial charge in [0.1, 0.15) is 10.9 Å². The second-order valence-electron chi connectivity index (χ2n) is 6.22. The van der Waals surface area contributed by atoms with Crippen LogP contribution in [0.25, 0.3) is 11.6 Å². The third-order valence-corrected chi connectivity index (χ3v) is 5.53. The van der Waals surface area contributed by atoms with Crippen molar-refractivity contribution in [3.63, 3.8) is 0 Å². The average Bonchev–Trinajstić information content (AvgIpc) is 2.96. The molecule has 0 saturated heterocycles. The van der Waals surface area contributed by atoms with E-state index in [0.717, 1.165) is 27.4 Å². The molecule has 0 amide bonds. The zero-order chi connectivity index (χ0) is 15.1. The molecule has 1 fully saturated rings. The van der Waals surface area contributed by atoms with Crippen molar-refractivity contribution in [3.05, 3.63) is 32.3 Å². The second-order valence-corrected chi connectivity index (χ2v) is 7.65. The molecule has 0 aromatic carbocycles. The molecule has 3 rings (SSSR count). The van der Waals surface area contributed by atoms with Gasteiger partial charge < -0.3 is 4.42 Å². The molecule has 3 nitrogen and oxygen atoms in total. The summed E-state index contributed by atoms with van der Waals surface area (Å²) >= 11 is 8.47. The van der Waals surface area contributed by atoms with Gasteiger partial charge in [-0.2, -0.15) is 0 Å². The highest BCUT2D eigenvalue weighted by molar-refractivity contribution is 14.1. The van der Waals surface area contributed by atoms with Crippen LogP contribution in [0.4, 0.5) is 0 Å². The molecule has 2 heterocycles. The van der Waals surface area contributed by atoms with Crippen LogP contribution in [0.15, 0.2) is 16.5 Å². The molecule has 1 aliphatic carbocycles. The first kappa shape index (κ1) is 15.3. The fourth-order valence-electron chi connectivity index (χ4n) is 2.49. The predicted octanol–water partition coefficient (Wildman–Crippen LogP) is 5.32. The molecule has 0 radical (unpaired) electrons. The van der Waals surface area contributed by atoms with Gasteiger partial charge in [0, 0.05) is 5.92 Å². The topological polar surface area (TPSA) is 38.9 Å². The molecule has 2 atom stereocenters. The van der Waals surface area contributed by atoms with E-state index in [0.29, 0.717) is 28.6 Å². The van der Waals surface area contributed by atoms with Gasteiger partial charge in [-0.25, -0.2) is 9.97 Å². The average molecular weight is 417 g/mol. The van der Waals surface area contributed by atoms with Gasteiger partial charge in [-0.1, -0.05) is 32.4 Å². The molecule has 0 bridgehead atoms. The maximum atomic E-state index is 6.26. The largest absolute Gasteiger partial charge is 0.457 e. The first-order chi connectivity index (χ1) is 9.95. The van der Waals surface area contributed by atoms with E-state index in [2.05, 4.69) is 53.3 Å². The van der Waals surface area contributed by atoms with Crippen LogP contribution >= 0.6 is 34.2 Å². The summed E-state index contributed by atoms with van der Waals surface area (Å²) in [5.41, 5.74) is 0.998. The molecule has 0 aliphatic heterocycles. The van der Waals surface area contributed by atoms with Gasteiger partial charge in [-0.05, 0) is 59.4 Å². The second kappa shape index (κ2) is 5.88. The number of hydrogen-bond donors (Lipinski definition) is 0. The molecule has 2 unspecified atom stereocenters. The van der Waals surface area contributed by atoms with E-state index in [1.165, 1.54) is 6.42 Å². The molecule has 1 saturated carbocycles. The monoisotopic (exact) mass is 416 g/mol. The molecule has 0 N–H and O–H groups in total. The zero-order valence-corrected chi connectivity index (χ0v) is 15.3. The normalized spacial score (nSPS) is 21.0. The van der Waals surface area contributed by atoms with E-state index in [1.54, 1.807) is 0 Å². The lowest BCUT2D eigenvalue weighted by molar-refractivity contribution is 0.514. The van der Waals surface area contributed by atoms with Gasteiger partial charge in [-0.15, -0.1) is 0 Å². The zero-order valence-electron chi connectivity index (χ0n) is 12.4. The van der Waals surface area contributed by atoms with Gasteiger partial charge in [0.05, 0.1) is 9.26 Å². The Labute approximate surface area is 143 Å². The Balaban J connectivity index is 1.94. The van der Waals surface area contributed by atoms with Crippen molar-refractivity contribution in [2.45, 2.75) is 39.5 Å². The molecular formula is C16H18ClIN2O. The quantitative estimate of drug-likeness (QED) is 0.500. The summed E-state index contributed by atoms with van der Waals surface area (Å²) in [7, 11) is 0. The predicted molar refractivity (Wildman–Crippen MR) is 92.5 cm³/mol. The Morgan fingerprint density at radius 2 is 2.10 bits per heavy atom. The van der Waals surface area contributed by atoms with Crippen LogP contribution < -0.4 is 0 Å². The van der Waals surface area contributed by atoms with Crippen LogP contribution in [0.3, 0.4) is 0 Å². The summed E-state index contributed by atoms with van der Waals surface area (Å²) in [6.07, 6.45) is 2.10. The number of halogens is 2. The minimum Gasteiger partial charge on any atom is -0.457 e. The number of aromatic nitrogens is 2. The van der Waals surface area contributed by atoms with Crippen molar-refractivity contribution in [3.8, 4) is 11.6 Å². The van der Waals surface area contributed by atoms with E-state index in [-0.39, 0.29) is 0 Å². The maximum Gasteiger partial charge on any atom is 0.197 e. The van der Waals surface area contributed by atoms with Gasteiger partial charge >= 0.3 is 0 Å². The third kappa shape index (κ3) is 3.26. The van der Waals surface area contributed by atoms with Gasteiger partial charge in [0.25, 0.3) is 0 Å². The summed E-state index contributed by atoms with van der Waals surface area (Å²) in [4.78, 5) is 9.03. The molecular weight excluding hydrogens is 399 g/mol. The Hall–Kier alpha value is -0.620. The highest BCUT2D eigenvalue weighted by Crippen LogP contribution is 2.47. The van der Waals surface area contributed by atoms with E-state index < -0.39 is 0 Å². The van der Waals surface area contributed by atoms with Crippen molar-refractivity contribution < 1.29 is 4.42 Å². The van der Waals surface area contributed by atoms with E-state index in [1.807, 2.05) is 12.1 Å². The summed E-state index contributed by atoms with van der Waals surface area (Å²) in [6, 6.07) is 4.00. The summed E-state index contributed by atoms with van der Waals surface area (Å²) < 4.78 is 6.87. The molecule has 2 aromatic heterocycles. The van der Waals surface area contributed by atoms with Crippen molar-refractivity contribution in [2.24, 2.45) is 11.8 Å². The van der Waals surface area contributed by atoms with Crippen molar-refractivity contribution in [1.29, 1.82) is 0 Å². The van der Waals surface area contributed by atoms with E-state index in [9.17, 15) is 0 Å². The van der Waals surface area contributed by atoms with Crippen LogP contribution in [-0.2, 0) is 6.42 Å². The standard InChI is InChI=1S/C16H18ClIN2O/c1-8(2)6-11-14(18)15(17)20-16(19-11)13-5-4-12(21-13)10-7-9(10)3/h4-5,8-10H,6-7H2,1-3H3. The number of rotatable bonds is 4. The van der Waals surface area contributed by atoms with Crippen LogP contribution in [0.2, 0.25) is 5.15 Å². The Kier molecular flexibility index (Phi) is 4.28. The first-order valence-electron chi connectivity index (χ1n) is 7.27. The van der Waals surface area contributed by atoms with Gasteiger partial charge in [0.2, 0.25) is 0 Å². The molecule has 0 spiro atoms. The fourth-order valence-corrected chi connectivity index (χ4v) is 3.14. The molecule has 21 heavy (non-hydrogen) atoms. The lowest BCUT2D eigenvalue weighted by Crippen LogP contribution is -2.04. The lowest BCUT2D eigenvalue weighted by Gasteiger charge is -2.09. The Morgan fingerprint density at radius 3 is 2.71 bits per heavy atom. The first-order valence-corrected chi connectivity index (χ1v) is 8.73. The van der Waals surface area contributed by atoms with Crippen molar-refractivity contribution in [2.75, 3.05) is 0 Å². The van der Waals surface area contributed by atoms with E-state index >= 15 is 0 Å². The van der Waals surface area contributed by atoms with E-state index in [4.69, 9.17) is 16.0 Å². The molecule has 1 aliphatic rings. The SMILES string of the molecule is CC(C)Cc1nc(-c2ccc(C3CC3C)o2)nc(Cl)c1I. The molecule has 112 valence electrons. The lowest BCUT2D eigenvalue weighted by atomic mass is 10.1. The van der Waals surface area contributed by atoms with Crippen molar-refractivity contribution in [1.82, 2.24) is 9.97 Å². The highest BCUT2D eigenvalue weighted by Gasteiger charge is 2.36. The van der Waals surface area contributed by atoms with Gasteiger partial charge in [-0.3, -0.25) is 0 Å². The minimum atomic E-state index is 0.508. The highest BCUT2D eigenvalue weighted by atomic mass is 127. The third-order valence-electron chi connectivity index (χ3n) is 3.80. The summed E-state index contributed by atoms with van der Waals surface area (Å²) in [6.45, 7) is 6.59. The number of nitrogens with zero attached hydrogens (tertiary/aromatic N) is 2. The molecule has 5 heteroatoms.